The van der Waals surface area contributed by atoms with Crippen molar-refractivity contribution in [2.75, 3.05) is 26.7 Å². The van der Waals surface area contributed by atoms with Gasteiger partial charge in [-0.15, -0.1) is 0 Å². The second-order valence-electron chi connectivity index (χ2n) is 5.98. The smallest absolute Gasteiger partial charge is 0.260 e. The van der Waals surface area contributed by atoms with Crippen molar-refractivity contribution in [1.29, 1.82) is 0 Å². The zero-order chi connectivity index (χ0) is 15.0. The largest absolute Gasteiger partial charge is 0.392 e. The number of rotatable bonds is 3. The number of aliphatic hydroxyl groups excluding tert-OH is 1. The second-order valence-corrected chi connectivity index (χ2v) is 7.86. The number of likely N-dealkylation sites (tertiary alicyclic amines) is 1. The van der Waals surface area contributed by atoms with Gasteiger partial charge in [-0.1, -0.05) is 0 Å². The van der Waals surface area contributed by atoms with Crippen LogP contribution in [0, 0.1) is 5.92 Å². The van der Waals surface area contributed by atoms with Crippen LogP contribution in [0.5, 0.6) is 0 Å². The summed E-state index contributed by atoms with van der Waals surface area (Å²) in [6, 6.07) is 0.490. The number of sulfonamides is 1. The molecule has 8 heteroatoms. The lowest BCUT2D eigenvalue weighted by Crippen LogP contribution is -2.53. The van der Waals surface area contributed by atoms with Crippen molar-refractivity contribution >= 4 is 10.0 Å². The number of aromatic nitrogens is 2. The van der Waals surface area contributed by atoms with Gasteiger partial charge in [-0.3, -0.25) is 5.10 Å². The average Bonchev–Trinajstić information content (AvgIpc) is 2.96. The van der Waals surface area contributed by atoms with Gasteiger partial charge in [0.15, 0.2) is 5.03 Å². The van der Waals surface area contributed by atoms with Crippen LogP contribution in [0.1, 0.15) is 24.8 Å². The van der Waals surface area contributed by atoms with Gasteiger partial charge in [0.2, 0.25) is 0 Å². The van der Waals surface area contributed by atoms with E-state index in [0.29, 0.717) is 30.6 Å². The molecule has 118 valence electrons. The Labute approximate surface area is 125 Å². The summed E-state index contributed by atoms with van der Waals surface area (Å²) >= 11 is 0. The maximum atomic E-state index is 12.7. The van der Waals surface area contributed by atoms with Gasteiger partial charge in [0, 0.05) is 24.7 Å². The molecule has 3 rings (SSSR count). The lowest BCUT2D eigenvalue weighted by Gasteiger charge is -2.45. The maximum absolute atomic E-state index is 12.7. The fourth-order valence-electron chi connectivity index (χ4n) is 3.60. The highest BCUT2D eigenvalue weighted by molar-refractivity contribution is 7.89. The Hall–Kier alpha value is -0.960. The number of aromatic amines is 1. The van der Waals surface area contributed by atoms with Gasteiger partial charge in [0.05, 0.1) is 12.8 Å². The molecule has 21 heavy (non-hydrogen) atoms. The van der Waals surface area contributed by atoms with Gasteiger partial charge in [-0.2, -0.15) is 9.40 Å². The van der Waals surface area contributed by atoms with Crippen LogP contribution < -0.4 is 0 Å². The van der Waals surface area contributed by atoms with Crippen molar-refractivity contribution in [2.45, 2.75) is 36.9 Å². The summed E-state index contributed by atoms with van der Waals surface area (Å²) in [6.45, 7) is 1.86. The zero-order valence-corrected chi connectivity index (χ0v) is 13.0. The quantitative estimate of drug-likeness (QED) is 0.820. The first-order chi connectivity index (χ1) is 10.0. The van der Waals surface area contributed by atoms with Crippen molar-refractivity contribution in [2.24, 2.45) is 5.92 Å². The van der Waals surface area contributed by atoms with Crippen LogP contribution >= 0.6 is 0 Å². The Kier molecular flexibility index (Phi) is 4.04. The number of H-pyrrole nitrogens is 1. The third-order valence-electron chi connectivity index (χ3n) is 4.75. The van der Waals surface area contributed by atoms with Gasteiger partial charge >= 0.3 is 0 Å². The van der Waals surface area contributed by atoms with Gasteiger partial charge in [-0.05, 0) is 38.8 Å². The van der Waals surface area contributed by atoms with Crippen LogP contribution in [0.2, 0.25) is 0 Å². The van der Waals surface area contributed by atoms with E-state index in [-0.39, 0.29) is 11.6 Å². The maximum Gasteiger partial charge on any atom is 0.260 e. The first kappa shape index (κ1) is 15.0. The van der Waals surface area contributed by atoms with Gasteiger partial charge in [0.25, 0.3) is 10.0 Å². The summed E-state index contributed by atoms with van der Waals surface area (Å²) in [7, 11) is -1.47. The standard InChI is InChI=1S/C13H22N4O3S/c1-16-5-2-3-10-8-17(6-4-12(10)16)21(19,20)13-11(9-18)7-14-15-13/h7,10,12,18H,2-6,8-9H2,1H3,(H,14,15). The zero-order valence-electron chi connectivity index (χ0n) is 12.2. The van der Waals surface area contributed by atoms with Crippen LogP contribution in [0.4, 0.5) is 0 Å². The lowest BCUT2D eigenvalue weighted by atomic mass is 9.85. The van der Waals surface area contributed by atoms with Crippen molar-refractivity contribution in [3.05, 3.63) is 11.8 Å². The molecule has 0 aromatic carbocycles. The summed E-state index contributed by atoms with van der Waals surface area (Å²) in [5.41, 5.74) is 0.331. The van der Waals surface area contributed by atoms with Crippen molar-refractivity contribution in [3.8, 4) is 0 Å². The van der Waals surface area contributed by atoms with Crippen molar-refractivity contribution < 1.29 is 13.5 Å². The van der Waals surface area contributed by atoms with E-state index in [0.717, 1.165) is 25.8 Å². The molecule has 2 fully saturated rings. The first-order valence-corrected chi connectivity index (χ1v) is 8.81. The van der Waals surface area contributed by atoms with Crippen LogP contribution in [-0.2, 0) is 16.6 Å². The van der Waals surface area contributed by atoms with E-state index >= 15 is 0 Å². The molecule has 7 nitrogen and oxygen atoms in total. The minimum atomic E-state index is -3.59. The number of nitrogens with zero attached hydrogens (tertiary/aromatic N) is 3. The third-order valence-corrected chi connectivity index (χ3v) is 6.64. The van der Waals surface area contributed by atoms with Gasteiger partial charge < -0.3 is 10.0 Å². The SMILES string of the molecule is CN1CCCC2CN(S(=O)(=O)c3[nH]ncc3CO)CCC21. The summed E-state index contributed by atoms with van der Waals surface area (Å²) in [6.07, 6.45) is 4.44. The van der Waals surface area contributed by atoms with E-state index in [4.69, 9.17) is 0 Å². The molecule has 0 aliphatic carbocycles. The molecule has 2 unspecified atom stereocenters. The number of hydrogen-bond donors (Lipinski definition) is 2. The third kappa shape index (κ3) is 2.61. The summed E-state index contributed by atoms with van der Waals surface area (Å²) in [5.74, 6) is 0.396. The molecule has 0 spiro atoms. The van der Waals surface area contributed by atoms with E-state index < -0.39 is 10.0 Å². The molecule has 1 aromatic rings. The van der Waals surface area contributed by atoms with E-state index in [9.17, 15) is 13.5 Å². The Morgan fingerprint density at radius 2 is 2.24 bits per heavy atom. The first-order valence-electron chi connectivity index (χ1n) is 7.37. The fourth-order valence-corrected chi connectivity index (χ4v) is 5.21. The average molecular weight is 314 g/mol. The molecule has 2 saturated heterocycles. The highest BCUT2D eigenvalue weighted by Crippen LogP contribution is 2.32. The molecule has 1 aromatic heterocycles. The van der Waals surface area contributed by atoms with E-state index in [2.05, 4.69) is 22.1 Å². The Bertz CT molecular complexity index is 600. The van der Waals surface area contributed by atoms with E-state index in [1.165, 1.54) is 6.20 Å². The fraction of sp³-hybridized carbons (Fsp3) is 0.769. The normalized spacial score (nSPS) is 28.5. The number of fused-ring (bicyclic) bond motifs is 1. The molecule has 0 saturated carbocycles. The monoisotopic (exact) mass is 314 g/mol. The lowest BCUT2D eigenvalue weighted by molar-refractivity contribution is 0.0670. The highest BCUT2D eigenvalue weighted by atomic mass is 32.2. The summed E-state index contributed by atoms with van der Waals surface area (Å²) < 4.78 is 27.0. The molecular weight excluding hydrogens is 292 g/mol. The Morgan fingerprint density at radius 1 is 1.43 bits per heavy atom. The van der Waals surface area contributed by atoms with E-state index in [1.54, 1.807) is 4.31 Å². The molecule has 2 N–H and O–H groups in total. The van der Waals surface area contributed by atoms with Gasteiger partial charge in [0.1, 0.15) is 0 Å². The van der Waals surface area contributed by atoms with Gasteiger partial charge in [-0.25, -0.2) is 8.42 Å². The molecule has 0 radical (unpaired) electrons. The molecule has 2 aliphatic heterocycles. The highest BCUT2D eigenvalue weighted by Gasteiger charge is 2.39. The number of hydrogen-bond acceptors (Lipinski definition) is 5. The minimum absolute atomic E-state index is 0.0348. The predicted octanol–water partition coefficient (Wildman–Crippen LogP) is 0.00680. The molecule has 3 heterocycles. The number of aliphatic hydroxyl groups is 1. The molecule has 0 amide bonds. The molecular formula is C13H22N4O3S. The Morgan fingerprint density at radius 3 is 3.00 bits per heavy atom. The second kappa shape index (κ2) is 5.68. The molecule has 2 aliphatic rings. The van der Waals surface area contributed by atoms with Crippen molar-refractivity contribution in [3.63, 3.8) is 0 Å². The minimum Gasteiger partial charge on any atom is -0.392 e. The summed E-state index contributed by atoms with van der Waals surface area (Å²) in [4.78, 5) is 2.35. The van der Waals surface area contributed by atoms with E-state index in [1.807, 2.05) is 0 Å². The van der Waals surface area contributed by atoms with Crippen LogP contribution in [0.25, 0.3) is 0 Å². The Balaban J connectivity index is 1.81. The van der Waals surface area contributed by atoms with Crippen LogP contribution in [-0.4, -0.2) is 65.7 Å². The predicted molar refractivity (Wildman–Crippen MR) is 77.0 cm³/mol. The topological polar surface area (TPSA) is 89.5 Å². The summed E-state index contributed by atoms with van der Waals surface area (Å²) in [5, 5.41) is 15.5. The number of nitrogens with one attached hydrogen (secondary N) is 1. The number of piperidine rings is 2. The molecule has 2 atom stereocenters. The van der Waals surface area contributed by atoms with Crippen LogP contribution in [0.3, 0.4) is 0 Å². The van der Waals surface area contributed by atoms with Crippen molar-refractivity contribution in [1.82, 2.24) is 19.4 Å². The van der Waals surface area contributed by atoms with Crippen LogP contribution in [0.15, 0.2) is 11.2 Å². The molecule has 0 bridgehead atoms.